The summed E-state index contributed by atoms with van der Waals surface area (Å²) >= 11 is 0. The standard InChI is InChI=1S/C19H28N6O/c1-13-8-16(9-13)19(26)21-18-5-3-4-15(18)10-25-12-17(22-23-25)11-24-7-6-20-14(24)2/h6-7,12-13,15-16,18H,3-5,8-11H2,1-2H3,(H,21,26)/t13?,15-,16?,18-/m1/s1. The minimum absolute atomic E-state index is 0.239. The van der Waals surface area contributed by atoms with Gasteiger partial charge >= 0.3 is 0 Å². The molecule has 2 aromatic heterocycles. The third-order valence-corrected chi connectivity index (χ3v) is 5.99. The number of imidazole rings is 1. The second kappa shape index (κ2) is 7.21. The first-order valence-electron chi connectivity index (χ1n) is 9.75. The van der Waals surface area contributed by atoms with E-state index in [9.17, 15) is 4.79 Å². The first kappa shape index (κ1) is 17.2. The fraction of sp³-hybridized carbons (Fsp3) is 0.684. The molecule has 1 N–H and O–H groups in total. The van der Waals surface area contributed by atoms with Crippen molar-refractivity contribution in [2.75, 3.05) is 0 Å². The van der Waals surface area contributed by atoms with E-state index in [-0.39, 0.29) is 17.9 Å². The van der Waals surface area contributed by atoms with Crippen molar-refractivity contribution in [3.8, 4) is 0 Å². The van der Waals surface area contributed by atoms with E-state index in [1.807, 2.05) is 24.0 Å². The molecule has 2 saturated carbocycles. The summed E-state index contributed by atoms with van der Waals surface area (Å²) < 4.78 is 3.99. The number of aryl methyl sites for hydroxylation is 1. The zero-order chi connectivity index (χ0) is 18.1. The van der Waals surface area contributed by atoms with Gasteiger partial charge in [0.25, 0.3) is 0 Å². The molecule has 2 heterocycles. The molecule has 4 rings (SSSR count). The van der Waals surface area contributed by atoms with Crippen molar-refractivity contribution < 1.29 is 4.79 Å². The van der Waals surface area contributed by atoms with E-state index in [1.54, 1.807) is 6.20 Å². The second-order valence-electron chi connectivity index (χ2n) is 8.11. The molecule has 2 aliphatic rings. The van der Waals surface area contributed by atoms with Gasteiger partial charge in [0.15, 0.2) is 0 Å². The van der Waals surface area contributed by atoms with Gasteiger partial charge in [0.2, 0.25) is 5.91 Å². The maximum absolute atomic E-state index is 12.4. The van der Waals surface area contributed by atoms with E-state index in [0.29, 0.717) is 18.4 Å². The van der Waals surface area contributed by atoms with E-state index in [0.717, 1.165) is 43.7 Å². The number of hydrogen-bond acceptors (Lipinski definition) is 4. The van der Waals surface area contributed by atoms with Crippen LogP contribution in [0.3, 0.4) is 0 Å². The normalized spacial score (nSPS) is 28.1. The molecule has 1 amide bonds. The Hall–Kier alpha value is -2.18. The maximum Gasteiger partial charge on any atom is 0.223 e. The summed E-state index contributed by atoms with van der Waals surface area (Å²) in [6.45, 7) is 5.72. The Morgan fingerprint density at radius 3 is 2.92 bits per heavy atom. The Bertz CT molecular complexity index is 760. The number of hydrogen-bond donors (Lipinski definition) is 1. The molecule has 7 heteroatoms. The molecule has 2 fully saturated rings. The number of nitrogens with zero attached hydrogens (tertiary/aromatic N) is 5. The van der Waals surface area contributed by atoms with Gasteiger partial charge in [-0.1, -0.05) is 18.6 Å². The smallest absolute Gasteiger partial charge is 0.223 e. The highest BCUT2D eigenvalue weighted by molar-refractivity contribution is 5.79. The number of carbonyl (C=O) groups excluding carboxylic acids is 1. The number of rotatable bonds is 6. The minimum Gasteiger partial charge on any atom is -0.353 e. The quantitative estimate of drug-likeness (QED) is 0.860. The molecule has 2 aliphatic carbocycles. The van der Waals surface area contributed by atoms with Crippen molar-refractivity contribution in [2.24, 2.45) is 17.8 Å². The van der Waals surface area contributed by atoms with E-state index in [1.165, 1.54) is 6.42 Å². The fourth-order valence-electron chi connectivity index (χ4n) is 4.35. The molecule has 140 valence electrons. The van der Waals surface area contributed by atoms with Crippen molar-refractivity contribution in [2.45, 2.75) is 65.1 Å². The van der Waals surface area contributed by atoms with Gasteiger partial charge in [0.05, 0.1) is 12.7 Å². The number of carbonyl (C=O) groups is 1. The van der Waals surface area contributed by atoms with Gasteiger partial charge < -0.3 is 9.88 Å². The summed E-state index contributed by atoms with van der Waals surface area (Å²) in [5.41, 5.74) is 0.938. The largest absolute Gasteiger partial charge is 0.353 e. The van der Waals surface area contributed by atoms with Crippen molar-refractivity contribution >= 4 is 5.91 Å². The van der Waals surface area contributed by atoms with Crippen LogP contribution >= 0.6 is 0 Å². The summed E-state index contributed by atoms with van der Waals surface area (Å²) in [7, 11) is 0. The minimum atomic E-state index is 0.239. The van der Waals surface area contributed by atoms with Gasteiger partial charge in [-0.2, -0.15) is 0 Å². The Morgan fingerprint density at radius 2 is 2.19 bits per heavy atom. The Morgan fingerprint density at radius 1 is 1.35 bits per heavy atom. The lowest BCUT2D eigenvalue weighted by atomic mass is 9.75. The van der Waals surface area contributed by atoms with Gasteiger partial charge in [-0.25, -0.2) is 4.98 Å². The molecule has 0 aromatic carbocycles. The van der Waals surface area contributed by atoms with E-state index < -0.39 is 0 Å². The fourth-order valence-corrected chi connectivity index (χ4v) is 4.35. The summed E-state index contributed by atoms with van der Waals surface area (Å²) in [5, 5.41) is 11.9. The molecular weight excluding hydrogens is 328 g/mol. The van der Waals surface area contributed by atoms with Crippen molar-refractivity contribution in [1.29, 1.82) is 0 Å². The van der Waals surface area contributed by atoms with Gasteiger partial charge in [-0.3, -0.25) is 9.48 Å². The Labute approximate surface area is 154 Å². The Kier molecular flexibility index (Phi) is 4.78. The van der Waals surface area contributed by atoms with Crippen LogP contribution in [0.2, 0.25) is 0 Å². The average Bonchev–Trinajstić information content (AvgIpc) is 3.30. The highest BCUT2D eigenvalue weighted by Gasteiger charge is 2.35. The number of nitrogens with one attached hydrogen (secondary N) is 1. The van der Waals surface area contributed by atoms with Crippen LogP contribution in [0, 0.1) is 24.7 Å². The van der Waals surface area contributed by atoms with Gasteiger partial charge in [-0.05, 0) is 44.4 Å². The molecule has 26 heavy (non-hydrogen) atoms. The molecule has 0 bridgehead atoms. The third kappa shape index (κ3) is 3.66. The molecule has 2 atom stereocenters. The number of aromatic nitrogens is 5. The molecule has 0 aliphatic heterocycles. The van der Waals surface area contributed by atoms with Crippen molar-refractivity contribution in [3.63, 3.8) is 0 Å². The zero-order valence-electron chi connectivity index (χ0n) is 15.6. The number of amides is 1. The lowest BCUT2D eigenvalue weighted by molar-refractivity contribution is -0.129. The molecule has 0 unspecified atom stereocenters. The average molecular weight is 356 g/mol. The van der Waals surface area contributed by atoms with E-state index >= 15 is 0 Å². The predicted octanol–water partition coefficient (Wildman–Crippen LogP) is 2.16. The van der Waals surface area contributed by atoms with Crippen LogP contribution in [0.25, 0.3) is 0 Å². The van der Waals surface area contributed by atoms with Gasteiger partial charge in [-0.15, -0.1) is 5.10 Å². The SMILES string of the molecule is Cc1nccn1Cc1cn(C[C@H]2CCC[C@H]2NC(=O)C2CC(C)C2)nn1. The first-order valence-corrected chi connectivity index (χ1v) is 9.75. The maximum atomic E-state index is 12.4. The lowest BCUT2D eigenvalue weighted by Gasteiger charge is -2.33. The molecule has 0 radical (unpaired) electrons. The highest BCUT2D eigenvalue weighted by atomic mass is 16.2. The van der Waals surface area contributed by atoms with Gasteiger partial charge in [0.1, 0.15) is 11.5 Å². The molecule has 0 spiro atoms. The topological polar surface area (TPSA) is 77.6 Å². The molecular formula is C19H28N6O. The second-order valence-corrected chi connectivity index (χ2v) is 8.11. The summed E-state index contributed by atoms with van der Waals surface area (Å²) in [6.07, 6.45) is 11.3. The summed E-state index contributed by atoms with van der Waals surface area (Å²) in [6, 6.07) is 0.280. The Balaban J connectivity index is 1.33. The molecule has 2 aromatic rings. The third-order valence-electron chi connectivity index (χ3n) is 5.99. The van der Waals surface area contributed by atoms with Crippen LogP contribution in [0.1, 0.15) is 50.5 Å². The highest BCUT2D eigenvalue weighted by Crippen LogP contribution is 2.34. The molecule has 0 saturated heterocycles. The van der Waals surface area contributed by atoms with Crippen LogP contribution in [0.5, 0.6) is 0 Å². The zero-order valence-corrected chi connectivity index (χ0v) is 15.6. The predicted molar refractivity (Wildman–Crippen MR) is 97.2 cm³/mol. The van der Waals surface area contributed by atoms with Crippen molar-refractivity contribution in [1.82, 2.24) is 29.9 Å². The van der Waals surface area contributed by atoms with Crippen LogP contribution in [-0.2, 0) is 17.9 Å². The van der Waals surface area contributed by atoms with Gasteiger partial charge in [0, 0.05) is 30.9 Å². The van der Waals surface area contributed by atoms with Crippen LogP contribution in [0.15, 0.2) is 18.6 Å². The first-order chi connectivity index (χ1) is 12.6. The molecule has 7 nitrogen and oxygen atoms in total. The van der Waals surface area contributed by atoms with Crippen LogP contribution < -0.4 is 5.32 Å². The van der Waals surface area contributed by atoms with E-state index in [4.69, 9.17) is 0 Å². The summed E-state index contributed by atoms with van der Waals surface area (Å²) in [4.78, 5) is 16.6. The summed E-state index contributed by atoms with van der Waals surface area (Å²) in [5.74, 6) is 2.62. The van der Waals surface area contributed by atoms with E-state index in [2.05, 4.69) is 32.1 Å². The van der Waals surface area contributed by atoms with Crippen LogP contribution in [0.4, 0.5) is 0 Å². The monoisotopic (exact) mass is 356 g/mol. The van der Waals surface area contributed by atoms with Crippen molar-refractivity contribution in [3.05, 3.63) is 30.1 Å². The lowest BCUT2D eigenvalue weighted by Crippen LogP contribution is -2.45. The van der Waals surface area contributed by atoms with Crippen LogP contribution in [-0.4, -0.2) is 36.5 Å².